The van der Waals surface area contributed by atoms with Crippen LogP contribution >= 0.6 is 0 Å². The van der Waals surface area contributed by atoms with Crippen molar-refractivity contribution in [3.8, 4) is 0 Å². The third-order valence-electron chi connectivity index (χ3n) is 3.07. The summed E-state index contributed by atoms with van der Waals surface area (Å²) in [5, 5.41) is 8.34. The van der Waals surface area contributed by atoms with Crippen LogP contribution in [0, 0.1) is 6.92 Å². The molecule has 1 fully saturated rings. The number of aromatic carboxylic acids is 1. The van der Waals surface area contributed by atoms with Crippen LogP contribution in [0.5, 0.6) is 0 Å². The molecule has 0 radical (unpaired) electrons. The summed E-state index contributed by atoms with van der Waals surface area (Å²) >= 11 is 0. The van der Waals surface area contributed by atoms with Crippen molar-refractivity contribution in [3.05, 3.63) is 29.3 Å². The first kappa shape index (κ1) is 13.0. The van der Waals surface area contributed by atoms with Gasteiger partial charge in [0.2, 0.25) is 0 Å². The molecule has 1 aliphatic heterocycles. The van der Waals surface area contributed by atoms with E-state index in [-0.39, 0.29) is 17.1 Å². The van der Waals surface area contributed by atoms with E-state index in [4.69, 9.17) is 9.84 Å². The van der Waals surface area contributed by atoms with Gasteiger partial charge in [0.1, 0.15) is 0 Å². The Hall–Kier alpha value is -1.40. The van der Waals surface area contributed by atoms with Gasteiger partial charge in [-0.15, -0.1) is 0 Å². The molecule has 1 saturated heterocycles. The molecular formula is C12H14O5S. The number of sulfone groups is 1. The first-order chi connectivity index (χ1) is 8.43. The topological polar surface area (TPSA) is 80.7 Å². The van der Waals surface area contributed by atoms with E-state index in [0.29, 0.717) is 18.6 Å². The summed E-state index contributed by atoms with van der Waals surface area (Å²) in [4.78, 5) is 11.0. The van der Waals surface area contributed by atoms with Gasteiger partial charge in [-0.2, -0.15) is 0 Å². The molecular weight excluding hydrogens is 256 g/mol. The normalized spacial score (nSPS) is 19.9. The maximum Gasteiger partial charge on any atom is 0.335 e. The maximum absolute atomic E-state index is 12.4. The second kappa shape index (κ2) is 4.70. The van der Waals surface area contributed by atoms with Crippen LogP contribution in [0.3, 0.4) is 0 Å². The van der Waals surface area contributed by atoms with E-state index in [9.17, 15) is 13.2 Å². The van der Waals surface area contributed by atoms with Gasteiger partial charge in [0, 0.05) is 6.61 Å². The molecule has 0 aliphatic carbocycles. The Kier molecular flexibility index (Phi) is 3.41. The highest BCUT2D eigenvalue weighted by molar-refractivity contribution is 7.92. The average Bonchev–Trinajstić information content (AvgIpc) is 2.82. The molecule has 1 unspecified atom stereocenters. The first-order valence-corrected chi connectivity index (χ1v) is 7.13. The van der Waals surface area contributed by atoms with Crippen LogP contribution < -0.4 is 0 Å². The highest BCUT2D eigenvalue weighted by atomic mass is 32.2. The third kappa shape index (κ3) is 2.26. The van der Waals surface area contributed by atoms with Gasteiger partial charge in [0.05, 0.1) is 22.3 Å². The summed E-state index contributed by atoms with van der Waals surface area (Å²) < 4.78 is 29.8. The van der Waals surface area contributed by atoms with Gasteiger partial charge in [0.25, 0.3) is 0 Å². The van der Waals surface area contributed by atoms with Crippen molar-refractivity contribution in [1.29, 1.82) is 0 Å². The highest BCUT2D eigenvalue weighted by Gasteiger charge is 2.32. The van der Waals surface area contributed by atoms with Crippen LogP contribution in [-0.2, 0) is 14.6 Å². The fourth-order valence-corrected chi connectivity index (χ4v) is 3.83. The van der Waals surface area contributed by atoms with E-state index in [2.05, 4.69) is 0 Å². The van der Waals surface area contributed by atoms with Crippen molar-refractivity contribution >= 4 is 15.8 Å². The van der Waals surface area contributed by atoms with E-state index in [1.807, 2.05) is 0 Å². The van der Waals surface area contributed by atoms with E-state index in [0.717, 1.165) is 0 Å². The molecule has 1 aromatic rings. The lowest BCUT2D eigenvalue weighted by Gasteiger charge is -2.12. The van der Waals surface area contributed by atoms with Crippen molar-refractivity contribution in [2.45, 2.75) is 23.5 Å². The second-order valence-electron chi connectivity index (χ2n) is 4.32. The zero-order chi connectivity index (χ0) is 13.3. The number of hydrogen-bond donors (Lipinski definition) is 1. The molecule has 0 bridgehead atoms. The van der Waals surface area contributed by atoms with Crippen LogP contribution in [-0.4, -0.2) is 38.0 Å². The lowest BCUT2D eigenvalue weighted by molar-refractivity contribution is 0.0696. The van der Waals surface area contributed by atoms with Gasteiger partial charge in [-0.3, -0.25) is 0 Å². The van der Waals surface area contributed by atoms with Crippen LogP contribution in [0.15, 0.2) is 23.1 Å². The van der Waals surface area contributed by atoms with Gasteiger partial charge in [-0.1, -0.05) is 6.07 Å². The van der Waals surface area contributed by atoms with E-state index >= 15 is 0 Å². The van der Waals surface area contributed by atoms with Crippen LogP contribution in [0.4, 0.5) is 0 Å². The van der Waals surface area contributed by atoms with Crippen LogP contribution in [0.1, 0.15) is 22.3 Å². The number of hydrogen-bond acceptors (Lipinski definition) is 4. The van der Waals surface area contributed by atoms with Gasteiger partial charge in [0.15, 0.2) is 9.84 Å². The van der Waals surface area contributed by atoms with Crippen molar-refractivity contribution in [2.24, 2.45) is 0 Å². The molecule has 18 heavy (non-hydrogen) atoms. The van der Waals surface area contributed by atoms with E-state index in [1.165, 1.54) is 18.2 Å². The maximum atomic E-state index is 12.4. The predicted molar refractivity (Wildman–Crippen MR) is 64.5 cm³/mol. The lowest BCUT2D eigenvalue weighted by Crippen LogP contribution is -2.22. The summed E-state index contributed by atoms with van der Waals surface area (Å²) in [7, 11) is -3.51. The molecule has 6 heteroatoms. The standard InChI is InChI=1S/C12H14O5S/c1-8-2-3-9(12(13)14)6-11(8)18(15,16)10-4-5-17-7-10/h2-3,6,10H,4-5,7H2,1H3,(H,13,14). The quantitative estimate of drug-likeness (QED) is 0.894. The minimum Gasteiger partial charge on any atom is -0.478 e. The van der Waals surface area contributed by atoms with Crippen LogP contribution in [0.25, 0.3) is 0 Å². The Balaban J connectivity index is 2.49. The molecule has 1 heterocycles. The minimum atomic E-state index is -3.51. The number of carboxylic acid groups (broad SMARTS) is 1. The van der Waals surface area contributed by atoms with Gasteiger partial charge < -0.3 is 9.84 Å². The largest absolute Gasteiger partial charge is 0.478 e. The number of benzene rings is 1. The highest BCUT2D eigenvalue weighted by Crippen LogP contribution is 2.26. The average molecular weight is 270 g/mol. The molecule has 1 aliphatic rings. The molecule has 1 aromatic carbocycles. The predicted octanol–water partition coefficient (Wildman–Crippen LogP) is 1.26. The van der Waals surface area contributed by atoms with Crippen molar-refractivity contribution < 1.29 is 23.1 Å². The molecule has 98 valence electrons. The SMILES string of the molecule is Cc1ccc(C(=O)O)cc1S(=O)(=O)C1CCOC1. The number of aryl methyl sites for hydroxylation is 1. The second-order valence-corrected chi connectivity index (χ2v) is 6.51. The third-order valence-corrected chi connectivity index (χ3v) is 5.37. The number of carbonyl (C=O) groups is 1. The van der Waals surface area contributed by atoms with Crippen LogP contribution in [0.2, 0.25) is 0 Å². The molecule has 0 spiro atoms. The minimum absolute atomic E-state index is 0.0157. The Bertz CT molecular complexity index is 570. The van der Waals surface area contributed by atoms with Gasteiger partial charge in [-0.05, 0) is 31.0 Å². The van der Waals surface area contributed by atoms with Crippen molar-refractivity contribution in [2.75, 3.05) is 13.2 Å². The molecule has 1 N–H and O–H groups in total. The zero-order valence-electron chi connectivity index (χ0n) is 9.92. The summed E-state index contributed by atoms with van der Waals surface area (Å²) in [6.45, 7) is 2.27. The summed E-state index contributed by atoms with van der Waals surface area (Å²) in [5.74, 6) is -1.13. The molecule has 2 rings (SSSR count). The smallest absolute Gasteiger partial charge is 0.335 e. The number of ether oxygens (including phenoxy) is 1. The first-order valence-electron chi connectivity index (χ1n) is 5.58. The summed E-state index contributed by atoms with van der Waals surface area (Å²) in [5.41, 5.74) is 0.546. The van der Waals surface area contributed by atoms with E-state index < -0.39 is 21.1 Å². The molecule has 1 atom stereocenters. The zero-order valence-corrected chi connectivity index (χ0v) is 10.7. The summed E-state index contributed by atoms with van der Waals surface area (Å²) in [6, 6.07) is 4.15. The van der Waals surface area contributed by atoms with E-state index in [1.54, 1.807) is 6.92 Å². The molecule has 0 amide bonds. The Morgan fingerprint density at radius 2 is 2.17 bits per heavy atom. The fourth-order valence-electron chi connectivity index (χ4n) is 1.98. The Morgan fingerprint density at radius 1 is 1.44 bits per heavy atom. The van der Waals surface area contributed by atoms with Gasteiger partial charge in [-0.25, -0.2) is 13.2 Å². The van der Waals surface area contributed by atoms with Crippen molar-refractivity contribution in [1.82, 2.24) is 0 Å². The molecule has 5 nitrogen and oxygen atoms in total. The van der Waals surface area contributed by atoms with Crippen molar-refractivity contribution in [3.63, 3.8) is 0 Å². The summed E-state index contributed by atoms with van der Waals surface area (Å²) in [6.07, 6.45) is 0.457. The monoisotopic (exact) mass is 270 g/mol. The lowest BCUT2D eigenvalue weighted by atomic mass is 10.1. The fraction of sp³-hybridized carbons (Fsp3) is 0.417. The Morgan fingerprint density at radius 3 is 2.72 bits per heavy atom. The molecule has 0 aromatic heterocycles. The number of rotatable bonds is 3. The number of carboxylic acids is 1. The molecule has 0 saturated carbocycles. The Labute approximate surface area is 105 Å². The van der Waals surface area contributed by atoms with Gasteiger partial charge >= 0.3 is 5.97 Å².